The molecule has 1 aromatic carbocycles. The number of nitrogens with zero attached hydrogens (tertiary/aromatic N) is 1. The lowest BCUT2D eigenvalue weighted by Crippen LogP contribution is -2.43. The minimum atomic E-state index is -0.402. The summed E-state index contributed by atoms with van der Waals surface area (Å²) in [5, 5.41) is 0. The minimum absolute atomic E-state index is 0. The number of carbonyl (C=O) groups is 1. The van der Waals surface area contributed by atoms with Crippen LogP contribution in [-0.2, 0) is 11.2 Å². The van der Waals surface area contributed by atoms with Crippen molar-refractivity contribution in [3.8, 4) is 0 Å². The maximum absolute atomic E-state index is 11.9. The van der Waals surface area contributed by atoms with Crippen LogP contribution in [0.15, 0.2) is 30.3 Å². The molecule has 1 aromatic rings. The van der Waals surface area contributed by atoms with Crippen LogP contribution >= 0.6 is 24.2 Å². The summed E-state index contributed by atoms with van der Waals surface area (Å²) in [6.45, 7) is 0.839. The number of amides is 1. The van der Waals surface area contributed by atoms with E-state index >= 15 is 0 Å². The highest BCUT2D eigenvalue weighted by atomic mass is 35.5. The second-order valence-corrected chi connectivity index (χ2v) is 5.01. The number of hydrogen-bond donors (Lipinski definition) is 1. The molecule has 17 heavy (non-hydrogen) atoms. The normalized spacial score (nSPS) is 16.4. The van der Waals surface area contributed by atoms with Crippen LogP contribution in [0.25, 0.3) is 0 Å². The van der Waals surface area contributed by atoms with Crippen LogP contribution in [0.2, 0.25) is 0 Å². The molecular formula is C12H17ClN2OS. The highest BCUT2D eigenvalue weighted by molar-refractivity contribution is 7.99. The zero-order chi connectivity index (χ0) is 11.4. The first kappa shape index (κ1) is 14.4. The summed E-state index contributed by atoms with van der Waals surface area (Å²) in [4.78, 5) is 13.8. The monoisotopic (exact) mass is 272 g/mol. The molecule has 3 nitrogen and oxygen atoms in total. The maximum atomic E-state index is 11.9. The molecule has 2 N–H and O–H groups in total. The quantitative estimate of drug-likeness (QED) is 0.907. The molecule has 1 aliphatic rings. The van der Waals surface area contributed by atoms with Gasteiger partial charge in [0, 0.05) is 12.3 Å². The summed E-state index contributed by atoms with van der Waals surface area (Å²) >= 11 is 1.78. The van der Waals surface area contributed by atoms with E-state index in [2.05, 4.69) is 0 Å². The Labute approximate surface area is 112 Å². The first-order valence-electron chi connectivity index (χ1n) is 5.43. The van der Waals surface area contributed by atoms with Gasteiger partial charge in [0.25, 0.3) is 0 Å². The average molecular weight is 273 g/mol. The van der Waals surface area contributed by atoms with E-state index in [1.807, 2.05) is 35.2 Å². The summed E-state index contributed by atoms with van der Waals surface area (Å²) in [6, 6.07) is 9.52. The second kappa shape index (κ2) is 6.89. The van der Waals surface area contributed by atoms with Crippen molar-refractivity contribution in [3.63, 3.8) is 0 Å². The lowest BCUT2D eigenvalue weighted by Gasteiger charge is -2.19. The molecule has 0 saturated carbocycles. The van der Waals surface area contributed by atoms with Gasteiger partial charge in [-0.1, -0.05) is 30.3 Å². The van der Waals surface area contributed by atoms with E-state index in [1.54, 1.807) is 11.8 Å². The summed E-state index contributed by atoms with van der Waals surface area (Å²) in [5.41, 5.74) is 7.05. The van der Waals surface area contributed by atoms with Crippen molar-refractivity contribution in [1.82, 2.24) is 4.90 Å². The van der Waals surface area contributed by atoms with Crippen LogP contribution in [-0.4, -0.2) is 35.0 Å². The van der Waals surface area contributed by atoms with Crippen molar-refractivity contribution in [1.29, 1.82) is 0 Å². The van der Waals surface area contributed by atoms with Crippen molar-refractivity contribution in [3.05, 3.63) is 35.9 Å². The minimum Gasteiger partial charge on any atom is -0.331 e. The third kappa shape index (κ3) is 3.91. The molecule has 0 spiro atoms. The molecular weight excluding hydrogens is 256 g/mol. The fraction of sp³-hybridized carbons (Fsp3) is 0.417. The average Bonchev–Trinajstić information content (AvgIpc) is 2.83. The Hall–Kier alpha value is -0.710. The Morgan fingerprint density at radius 2 is 2.12 bits per heavy atom. The Balaban J connectivity index is 0.00000144. The number of halogens is 1. The second-order valence-electron chi connectivity index (χ2n) is 3.94. The van der Waals surface area contributed by atoms with Crippen LogP contribution in [0.1, 0.15) is 5.56 Å². The summed E-state index contributed by atoms with van der Waals surface area (Å²) in [6.07, 6.45) is 0.626. The lowest BCUT2D eigenvalue weighted by atomic mass is 10.1. The number of benzene rings is 1. The number of carbonyl (C=O) groups excluding carboxylic acids is 1. The molecule has 1 atom stereocenters. The van der Waals surface area contributed by atoms with E-state index < -0.39 is 6.04 Å². The fourth-order valence-electron chi connectivity index (χ4n) is 1.78. The van der Waals surface area contributed by atoms with Crippen molar-refractivity contribution in [2.45, 2.75) is 12.5 Å². The Bertz CT molecular complexity index is 355. The highest BCUT2D eigenvalue weighted by Gasteiger charge is 2.23. The van der Waals surface area contributed by atoms with Gasteiger partial charge < -0.3 is 10.6 Å². The molecule has 1 heterocycles. The first-order chi connectivity index (χ1) is 7.77. The predicted octanol–water partition coefficient (Wildman–Crippen LogP) is 1.51. The first-order valence-corrected chi connectivity index (χ1v) is 6.59. The van der Waals surface area contributed by atoms with Gasteiger partial charge in [-0.2, -0.15) is 0 Å². The van der Waals surface area contributed by atoms with E-state index in [0.29, 0.717) is 6.42 Å². The molecule has 5 heteroatoms. The smallest absolute Gasteiger partial charge is 0.240 e. The van der Waals surface area contributed by atoms with Gasteiger partial charge >= 0.3 is 0 Å². The third-order valence-electron chi connectivity index (χ3n) is 2.68. The van der Waals surface area contributed by atoms with Gasteiger partial charge in [0.2, 0.25) is 5.91 Å². The van der Waals surface area contributed by atoms with Crippen LogP contribution in [0, 0.1) is 0 Å². The van der Waals surface area contributed by atoms with Crippen LogP contribution in [0.3, 0.4) is 0 Å². The van der Waals surface area contributed by atoms with Gasteiger partial charge in [-0.05, 0) is 12.0 Å². The maximum Gasteiger partial charge on any atom is 0.240 e. The topological polar surface area (TPSA) is 46.3 Å². The van der Waals surface area contributed by atoms with Crippen LogP contribution in [0.4, 0.5) is 0 Å². The SMILES string of the molecule is Cl.N[C@@H](Cc1ccccc1)C(=O)N1CCSC1. The zero-order valence-corrected chi connectivity index (χ0v) is 11.2. The van der Waals surface area contributed by atoms with E-state index in [-0.39, 0.29) is 18.3 Å². The van der Waals surface area contributed by atoms with Gasteiger partial charge in [-0.25, -0.2) is 0 Å². The predicted molar refractivity (Wildman–Crippen MR) is 74.4 cm³/mol. The summed E-state index contributed by atoms with van der Waals surface area (Å²) in [5.74, 6) is 1.90. The molecule has 0 radical (unpaired) electrons. The molecule has 1 aliphatic heterocycles. The van der Waals surface area contributed by atoms with Gasteiger partial charge in [0.1, 0.15) is 0 Å². The Morgan fingerprint density at radius 1 is 1.41 bits per heavy atom. The van der Waals surface area contributed by atoms with Gasteiger partial charge in [0.05, 0.1) is 11.9 Å². The van der Waals surface area contributed by atoms with E-state index in [4.69, 9.17) is 5.73 Å². The third-order valence-corrected chi connectivity index (χ3v) is 3.65. The fourth-order valence-corrected chi connectivity index (χ4v) is 2.73. The van der Waals surface area contributed by atoms with E-state index in [9.17, 15) is 4.79 Å². The van der Waals surface area contributed by atoms with E-state index in [1.165, 1.54) is 0 Å². The molecule has 0 aliphatic carbocycles. The number of thioether (sulfide) groups is 1. The number of nitrogens with two attached hydrogens (primary N) is 1. The molecule has 1 saturated heterocycles. The number of hydrogen-bond acceptors (Lipinski definition) is 3. The molecule has 0 bridgehead atoms. The van der Waals surface area contributed by atoms with Crippen molar-refractivity contribution in [2.24, 2.45) is 5.73 Å². The molecule has 0 aromatic heterocycles. The van der Waals surface area contributed by atoms with Crippen molar-refractivity contribution < 1.29 is 4.79 Å². The molecule has 1 fully saturated rings. The largest absolute Gasteiger partial charge is 0.331 e. The molecule has 2 rings (SSSR count). The van der Waals surface area contributed by atoms with Crippen LogP contribution in [0.5, 0.6) is 0 Å². The Morgan fingerprint density at radius 3 is 2.71 bits per heavy atom. The standard InChI is InChI=1S/C12H16N2OS.ClH/c13-11(8-10-4-2-1-3-5-10)12(15)14-6-7-16-9-14;/h1-5,11H,6-9,13H2;1H/t11-;/m0./s1. The van der Waals surface area contributed by atoms with Crippen molar-refractivity contribution in [2.75, 3.05) is 18.2 Å². The molecule has 0 unspecified atom stereocenters. The Kier molecular flexibility index (Phi) is 5.82. The van der Waals surface area contributed by atoms with Crippen LogP contribution < -0.4 is 5.73 Å². The van der Waals surface area contributed by atoms with Gasteiger partial charge in [0.15, 0.2) is 0 Å². The highest BCUT2D eigenvalue weighted by Crippen LogP contribution is 2.14. The van der Waals surface area contributed by atoms with Gasteiger partial charge in [-0.15, -0.1) is 24.2 Å². The lowest BCUT2D eigenvalue weighted by molar-refractivity contribution is -0.131. The van der Waals surface area contributed by atoms with Crippen molar-refractivity contribution >= 4 is 30.1 Å². The summed E-state index contributed by atoms with van der Waals surface area (Å²) < 4.78 is 0. The number of rotatable bonds is 3. The zero-order valence-electron chi connectivity index (χ0n) is 9.54. The molecule has 1 amide bonds. The summed E-state index contributed by atoms with van der Waals surface area (Å²) in [7, 11) is 0. The van der Waals surface area contributed by atoms with Gasteiger partial charge in [-0.3, -0.25) is 4.79 Å². The molecule has 94 valence electrons. The van der Waals surface area contributed by atoms with E-state index in [0.717, 1.165) is 23.7 Å².